The first-order valence-corrected chi connectivity index (χ1v) is 10.2. The Morgan fingerprint density at radius 2 is 1.22 bits per heavy atom. The summed E-state index contributed by atoms with van der Waals surface area (Å²) in [5, 5.41) is 6.64. The number of hydrogen-bond donors (Lipinski definition) is 2. The molecule has 0 aromatic heterocycles. The van der Waals surface area contributed by atoms with Gasteiger partial charge in [0.25, 0.3) is 0 Å². The molecule has 0 aromatic rings. The van der Waals surface area contributed by atoms with Crippen molar-refractivity contribution in [3.8, 4) is 0 Å². The summed E-state index contributed by atoms with van der Waals surface area (Å²) in [6.07, 6.45) is 5.19. The second kappa shape index (κ2) is 9.20. The summed E-state index contributed by atoms with van der Waals surface area (Å²) in [6, 6.07) is 0. The molecular weight excluding hydrogens is 344 g/mol. The summed E-state index contributed by atoms with van der Waals surface area (Å²) >= 11 is 0. The van der Waals surface area contributed by atoms with Gasteiger partial charge in [-0.1, -0.05) is 0 Å². The molecule has 0 unspecified atom stereocenters. The van der Waals surface area contributed by atoms with Gasteiger partial charge in [0.05, 0.1) is 0 Å². The number of piperidine rings is 2. The van der Waals surface area contributed by atoms with Crippen molar-refractivity contribution < 1.29 is 19.1 Å². The Hall–Kier alpha value is -1.40. The van der Waals surface area contributed by atoms with E-state index < -0.39 is 23.1 Å². The van der Waals surface area contributed by atoms with E-state index in [4.69, 9.17) is 9.47 Å². The lowest BCUT2D eigenvalue weighted by atomic mass is 9.83. The highest BCUT2D eigenvalue weighted by Gasteiger charge is 2.35. The molecule has 6 nitrogen and oxygen atoms in total. The fourth-order valence-corrected chi connectivity index (χ4v) is 4.04. The molecule has 27 heavy (non-hydrogen) atoms. The van der Waals surface area contributed by atoms with Crippen LogP contribution in [0.5, 0.6) is 0 Å². The van der Waals surface area contributed by atoms with Gasteiger partial charge in [-0.25, -0.2) is 9.59 Å². The van der Waals surface area contributed by atoms with E-state index in [1.807, 2.05) is 27.7 Å². The Balaban J connectivity index is 1.92. The van der Waals surface area contributed by atoms with Gasteiger partial charge in [-0.2, -0.15) is 0 Å². The molecule has 0 aromatic carbocycles. The molecule has 154 valence electrons. The number of ether oxygens (including phenoxy) is 2. The average Bonchev–Trinajstić information content (AvgIpc) is 2.62. The highest BCUT2D eigenvalue weighted by atomic mass is 16.6. The van der Waals surface area contributed by atoms with Gasteiger partial charge in [-0.3, -0.25) is 0 Å². The van der Waals surface area contributed by atoms with Gasteiger partial charge in [-0.05, 0) is 86.5 Å². The number of esters is 2. The number of rotatable bonds is 6. The van der Waals surface area contributed by atoms with Crippen LogP contribution in [0.1, 0.15) is 60.3 Å². The molecule has 2 rings (SSSR count). The second-order valence-corrected chi connectivity index (χ2v) is 8.89. The average molecular weight is 381 g/mol. The van der Waals surface area contributed by atoms with Gasteiger partial charge in [0.1, 0.15) is 11.2 Å². The monoisotopic (exact) mass is 380 g/mol. The lowest BCUT2D eigenvalue weighted by Gasteiger charge is -2.37. The van der Waals surface area contributed by atoms with Gasteiger partial charge < -0.3 is 20.1 Å². The highest BCUT2D eigenvalue weighted by molar-refractivity contribution is 5.96. The van der Waals surface area contributed by atoms with Crippen molar-refractivity contribution in [3.05, 3.63) is 11.6 Å². The van der Waals surface area contributed by atoms with E-state index >= 15 is 0 Å². The Bertz CT molecular complexity index is 557. The fraction of sp³-hybridized carbons (Fsp3) is 0.810. The van der Waals surface area contributed by atoms with Crippen molar-refractivity contribution >= 4 is 11.9 Å². The molecule has 0 radical (unpaired) electrons. The molecule has 2 N–H and O–H groups in total. The predicted octanol–water partition coefficient (Wildman–Crippen LogP) is 2.58. The van der Waals surface area contributed by atoms with Crippen LogP contribution >= 0.6 is 0 Å². The van der Waals surface area contributed by atoms with E-state index in [9.17, 15) is 9.59 Å². The minimum atomic E-state index is -0.549. The highest BCUT2D eigenvalue weighted by Crippen LogP contribution is 2.31. The van der Waals surface area contributed by atoms with Crippen molar-refractivity contribution in [2.75, 3.05) is 26.2 Å². The predicted molar refractivity (Wildman–Crippen MR) is 105 cm³/mol. The van der Waals surface area contributed by atoms with Gasteiger partial charge >= 0.3 is 11.9 Å². The molecule has 0 amide bonds. The summed E-state index contributed by atoms with van der Waals surface area (Å²) in [5.74, 6) is -0.286. The van der Waals surface area contributed by atoms with E-state index in [0.29, 0.717) is 11.8 Å². The summed E-state index contributed by atoms with van der Waals surface area (Å²) in [4.78, 5) is 24.8. The van der Waals surface area contributed by atoms with Crippen LogP contribution in [0.3, 0.4) is 0 Å². The molecule has 0 spiro atoms. The maximum Gasteiger partial charge on any atom is 0.334 e. The van der Waals surface area contributed by atoms with Crippen molar-refractivity contribution in [3.63, 3.8) is 0 Å². The molecule has 2 heterocycles. The Kier molecular flexibility index (Phi) is 7.46. The third kappa shape index (κ3) is 6.32. The molecule has 0 bridgehead atoms. The number of carbonyl (C=O) groups is 2. The first-order valence-electron chi connectivity index (χ1n) is 10.2. The summed E-state index contributed by atoms with van der Waals surface area (Å²) in [6.45, 7) is 13.2. The first-order chi connectivity index (χ1) is 12.6. The maximum absolute atomic E-state index is 12.5. The van der Waals surface area contributed by atoms with Gasteiger partial charge in [0, 0.05) is 23.5 Å². The largest absolute Gasteiger partial charge is 0.456 e. The number of nitrogens with one attached hydrogen (secondary N) is 2. The summed E-state index contributed by atoms with van der Waals surface area (Å²) < 4.78 is 11.4. The van der Waals surface area contributed by atoms with Crippen LogP contribution in [0, 0.1) is 11.8 Å². The molecule has 2 aliphatic heterocycles. The van der Waals surface area contributed by atoms with E-state index in [1.165, 1.54) is 6.08 Å². The van der Waals surface area contributed by atoms with Crippen molar-refractivity contribution in [2.45, 2.75) is 71.5 Å². The Morgan fingerprint density at radius 1 is 0.815 bits per heavy atom. The van der Waals surface area contributed by atoms with E-state index in [2.05, 4.69) is 10.6 Å². The molecule has 2 saturated heterocycles. The maximum atomic E-state index is 12.5. The quantitative estimate of drug-likeness (QED) is 0.545. The molecule has 2 fully saturated rings. The van der Waals surface area contributed by atoms with E-state index in [-0.39, 0.29) is 5.57 Å². The van der Waals surface area contributed by atoms with Crippen LogP contribution < -0.4 is 10.6 Å². The minimum absolute atomic E-state index is 0.281. The van der Waals surface area contributed by atoms with E-state index in [1.54, 1.807) is 6.92 Å². The van der Waals surface area contributed by atoms with Crippen LogP contribution in [0.15, 0.2) is 11.6 Å². The summed E-state index contributed by atoms with van der Waals surface area (Å²) in [5.41, 5.74) is -0.816. The standard InChI is InChI=1S/C21H36N2O4/c1-15(19(25)27-21(4,5)17-8-12-23-13-9-17)14-18(24)26-20(2,3)16-6-10-22-11-7-16/h14,16-17,22-23H,6-13H2,1-5H3/b15-14+. The molecule has 0 saturated carbocycles. The number of carbonyl (C=O) groups excluding carboxylic acids is 2. The normalized spacial score (nSPS) is 21.0. The molecule has 0 aliphatic carbocycles. The van der Waals surface area contributed by atoms with Crippen LogP contribution in [0.2, 0.25) is 0 Å². The third-order valence-electron chi connectivity index (χ3n) is 6.02. The smallest absolute Gasteiger partial charge is 0.334 e. The molecule has 2 aliphatic rings. The zero-order chi connectivity index (χ0) is 20.1. The zero-order valence-electron chi connectivity index (χ0n) is 17.5. The Morgan fingerprint density at radius 3 is 1.67 bits per heavy atom. The topological polar surface area (TPSA) is 76.7 Å². The van der Waals surface area contributed by atoms with Crippen molar-refractivity contribution in [2.24, 2.45) is 11.8 Å². The van der Waals surface area contributed by atoms with Crippen LogP contribution in [0.4, 0.5) is 0 Å². The lowest BCUT2D eigenvalue weighted by Crippen LogP contribution is -2.43. The van der Waals surface area contributed by atoms with Crippen molar-refractivity contribution in [1.82, 2.24) is 10.6 Å². The van der Waals surface area contributed by atoms with Gasteiger partial charge in [0.2, 0.25) is 0 Å². The SMILES string of the molecule is C/C(=C\C(=O)OC(C)(C)C1CCNCC1)C(=O)OC(C)(C)C1CCNCC1. The zero-order valence-corrected chi connectivity index (χ0v) is 17.5. The van der Waals surface area contributed by atoms with Gasteiger partial charge in [-0.15, -0.1) is 0 Å². The minimum Gasteiger partial charge on any atom is -0.456 e. The molecule has 0 atom stereocenters. The molecule has 6 heteroatoms. The van der Waals surface area contributed by atoms with Crippen molar-refractivity contribution in [1.29, 1.82) is 0 Å². The van der Waals surface area contributed by atoms with Crippen LogP contribution in [0.25, 0.3) is 0 Å². The second-order valence-electron chi connectivity index (χ2n) is 8.89. The fourth-order valence-electron chi connectivity index (χ4n) is 4.04. The van der Waals surface area contributed by atoms with Crippen LogP contribution in [-0.2, 0) is 19.1 Å². The van der Waals surface area contributed by atoms with E-state index in [0.717, 1.165) is 51.9 Å². The van der Waals surface area contributed by atoms with Crippen LogP contribution in [-0.4, -0.2) is 49.3 Å². The number of hydrogen-bond acceptors (Lipinski definition) is 6. The first kappa shape index (κ1) is 21.9. The Labute approximate surface area is 163 Å². The molecular formula is C21H36N2O4. The lowest BCUT2D eigenvalue weighted by molar-refractivity contribution is -0.160. The van der Waals surface area contributed by atoms with Gasteiger partial charge in [0.15, 0.2) is 0 Å². The third-order valence-corrected chi connectivity index (χ3v) is 6.02. The summed E-state index contributed by atoms with van der Waals surface area (Å²) in [7, 11) is 0.